The first kappa shape index (κ1) is 15.7. The van der Waals surface area contributed by atoms with Crippen molar-refractivity contribution in [2.24, 2.45) is 5.92 Å². The van der Waals surface area contributed by atoms with E-state index in [-0.39, 0.29) is 11.9 Å². The number of rotatable bonds is 3. The summed E-state index contributed by atoms with van der Waals surface area (Å²) in [5.74, 6) is 3.45. The zero-order valence-electron chi connectivity index (χ0n) is 14.2. The van der Waals surface area contributed by atoms with Crippen molar-refractivity contribution in [1.29, 1.82) is 0 Å². The third-order valence-electron chi connectivity index (χ3n) is 4.94. The molecule has 0 radical (unpaired) electrons. The maximum atomic E-state index is 10.7. The van der Waals surface area contributed by atoms with E-state index in [0.717, 1.165) is 40.4 Å². The first-order valence-corrected chi connectivity index (χ1v) is 9.30. The molecule has 1 aliphatic rings. The zero-order valence-corrected chi connectivity index (χ0v) is 15.1. The third-order valence-corrected chi connectivity index (χ3v) is 6.02. The molecule has 1 aliphatic heterocycles. The standard InChI is InChI=1S/C17H22N4O2S/c1-10-6-8-20(9-7-10)14(13-5-4-11(2)23-13)15-16(22)21-17(24-15)18-12(3)19-21/h4-5,10,14,22H,6-9H2,1-3H3/p+1/t14-/m0/s1. The molecule has 4 rings (SSSR count). The highest BCUT2D eigenvalue weighted by atomic mass is 32.1. The highest BCUT2D eigenvalue weighted by Crippen LogP contribution is 2.35. The molecular formula is C17H23N4O2S+. The molecule has 7 heteroatoms. The number of piperidine rings is 1. The van der Waals surface area contributed by atoms with Crippen LogP contribution >= 0.6 is 11.3 Å². The van der Waals surface area contributed by atoms with Gasteiger partial charge in [-0.1, -0.05) is 18.3 Å². The molecule has 0 aromatic carbocycles. The fraction of sp³-hybridized carbons (Fsp3) is 0.529. The Morgan fingerprint density at radius 3 is 2.71 bits per heavy atom. The Bertz CT molecular complexity index is 857. The summed E-state index contributed by atoms with van der Waals surface area (Å²) in [6, 6.07) is 4.03. The highest BCUT2D eigenvalue weighted by molar-refractivity contribution is 7.17. The van der Waals surface area contributed by atoms with Crippen LogP contribution in [0.5, 0.6) is 5.88 Å². The summed E-state index contributed by atoms with van der Waals surface area (Å²) < 4.78 is 7.50. The van der Waals surface area contributed by atoms with Crippen LogP contribution in [0, 0.1) is 19.8 Å². The monoisotopic (exact) mass is 347 g/mol. The molecule has 6 nitrogen and oxygen atoms in total. The van der Waals surface area contributed by atoms with Crippen molar-refractivity contribution in [2.75, 3.05) is 13.1 Å². The summed E-state index contributed by atoms with van der Waals surface area (Å²) in [4.78, 5) is 7.47. The molecule has 0 bridgehead atoms. The minimum Gasteiger partial charge on any atom is -0.492 e. The molecule has 0 unspecified atom stereocenters. The molecule has 0 spiro atoms. The number of likely N-dealkylation sites (tertiary alicyclic amines) is 1. The Kier molecular flexibility index (Phi) is 3.85. The van der Waals surface area contributed by atoms with E-state index in [0.29, 0.717) is 5.82 Å². The van der Waals surface area contributed by atoms with Crippen LogP contribution in [-0.2, 0) is 0 Å². The van der Waals surface area contributed by atoms with Gasteiger partial charge in [0.15, 0.2) is 11.8 Å². The van der Waals surface area contributed by atoms with Crippen LogP contribution in [0.4, 0.5) is 0 Å². The summed E-state index contributed by atoms with van der Waals surface area (Å²) in [7, 11) is 0. The van der Waals surface area contributed by atoms with E-state index in [1.54, 1.807) is 4.52 Å². The van der Waals surface area contributed by atoms with Crippen molar-refractivity contribution in [3.8, 4) is 5.88 Å². The van der Waals surface area contributed by atoms with Gasteiger partial charge < -0.3 is 14.4 Å². The van der Waals surface area contributed by atoms with Gasteiger partial charge in [-0.15, -0.1) is 5.10 Å². The van der Waals surface area contributed by atoms with Crippen molar-refractivity contribution in [2.45, 2.75) is 39.7 Å². The molecule has 1 saturated heterocycles. The number of hydrogen-bond acceptors (Lipinski definition) is 5. The molecule has 0 aliphatic carbocycles. The summed E-state index contributed by atoms with van der Waals surface area (Å²) in [5, 5.41) is 15.0. The maximum Gasteiger partial charge on any atom is 0.235 e. The fourth-order valence-corrected chi connectivity index (χ4v) is 4.75. The van der Waals surface area contributed by atoms with Gasteiger partial charge in [0.1, 0.15) is 16.5 Å². The Morgan fingerprint density at radius 1 is 1.33 bits per heavy atom. The van der Waals surface area contributed by atoms with E-state index >= 15 is 0 Å². The number of thiazole rings is 1. The lowest BCUT2D eigenvalue weighted by atomic mass is 9.97. The normalized spacial score (nSPS) is 23.0. The second-order valence-electron chi connectivity index (χ2n) is 6.87. The second kappa shape index (κ2) is 5.89. The topological polar surface area (TPSA) is 68.0 Å². The van der Waals surface area contributed by atoms with Crippen molar-refractivity contribution in [3.05, 3.63) is 34.4 Å². The van der Waals surface area contributed by atoms with E-state index in [9.17, 15) is 5.11 Å². The maximum absolute atomic E-state index is 10.7. The molecule has 1 atom stereocenters. The fourth-order valence-electron chi connectivity index (χ4n) is 3.58. The number of aryl methyl sites for hydroxylation is 2. The number of nitrogens with one attached hydrogen (secondary N) is 1. The smallest absolute Gasteiger partial charge is 0.235 e. The quantitative estimate of drug-likeness (QED) is 0.761. The first-order valence-electron chi connectivity index (χ1n) is 8.49. The van der Waals surface area contributed by atoms with Crippen LogP contribution in [0.3, 0.4) is 0 Å². The van der Waals surface area contributed by atoms with Crippen LogP contribution in [-0.4, -0.2) is 32.8 Å². The van der Waals surface area contributed by atoms with Crippen molar-refractivity contribution in [3.63, 3.8) is 0 Å². The van der Waals surface area contributed by atoms with Crippen molar-refractivity contribution in [1.82, 2.24) is 14.6 Å². The van der Waals surface area contributed by atoms with E-state index in [4.69, 9.17) is 4.42 Å². The molecule has 0 amide bonds. The van der Waals surface area contributed by atoms with Crippen LogP contribution in [0.1, 0.15) is 48.0 Å². The van der Waals surface area contributed by atoms with Crippen LogP contribution < -0.4 is 4.90 Å². The number of aromatic hydroxyl groups is 1. The molecule has 0 saturated carbocycles. The Labute approximate surface area is 144 Å². The molecule has 3 aromatic rings. The minimum absolute atomic E-state index is 0.00000567. The summed E-state index contributed by atoms with van der Waals surface area (Å²) in [6.45, 7) is 8.27. The van der Waals surface area contributed by atoms with E-state index in [1.807, 2.05) is 26.0 Å². The van der Waals surface area contributed by atoms with Gasteiger partial charge in [-0.3, -0.25) is 0 Å². The predicted molar refractivity (Wildman–Crippen MR) is 91.6 cm³/mol. The lowest BCUT2D eigenvalue weighted by Crippen LogP contribution is -3.13. The lowest BCUT2D eigenvalue weighted by Gasteiger charge is -2.32. The van der Waals surface area contributed by atoms with Gasteiger partial charge in [0.25, 0.3) is 0 Å². The highest BCUT2D eigenvalue weighted by Gasteiger charge is 2.36. The largest absolute Gasteiger partial charge is 0.492 e. The molecule has 1 fully saturated rings. The van der Waals surface area contributed by atoms with Crippen LogP contribution in [0.15, 0.2) is 16.5 Å². The average Bonchev–Trinajstić information content (AvgIpc) is 3.20. The van der Waals surface area contributed by atoms with Gasteiger partial charge in [-0.2, -0.15) is 4.52 Å². The molecule has 4 heterocycles. The minimum atomic E-state index is 0.00000567. The summed E-state index contributed by atoms with van der Waals surface area (Å²) in [6.07, 6.45) is 2.40. The van der Waals surface area contributed by atoms with Crippen molar-refractivity contribution >= 4 is 16.3 Å². The number of aromatic nitrogens is 3. The van der Waals surface area contributed by atoms with Crippen molar-refractivity contribution < 1.29 is 14.4 Å². The van der Waals surface area contributed by atoms with Crippen LogP contribution in [0.25, 0.3) is 4.96 Å². The third kappa shape index (κ3) is 2.61. The van der Waals surface area contributed by atoms with Gasteiger partial charge in [-0.05, 0) is 44.7 Å². The number of fused-ring (bicyclic) bond motifs is 1. The number of quaternary nitrogens is 1. The lowest BCUT2D eigenvalue weighted by molar-refractivity contribution is -0.932. The van der Waals surface area contributed by atoms with Gasteiger partial charge in [-0.25, -0.2) is 4.98 Å². The molecule has 24 heavy (non-hydrogen) atoms. The van der Waals surface area contributed by atoms with E-state index in [2.05, 4.69) is 17.0 Å². The number of furan rings is 1. The Balaban J connectivity index is 1.78. The average molecular weight is 347 g/mol. The van der Waals surface area contributed by atoms with Gasteiger partial charge >= 0.3 is 0 Å². The number of hydrogen-bond donors (Lipinski definition) is 2. The van der Waals surface area contributed by atoms with Gasteiger partial charge in [0.2, 0.25) is 10.8 Å². The SMILES string of the molecule is Cc1nc2sc([C@H](c3ccc(C)o3)[NH+]3CCC(C)CC3)c(O)n2n1. The first-order chi connectivity index (χ1) is 11.5. The zero-order chi connectivity index (χ0) is 16.8. The Hall–Kier alpha value is -1.86. The number of nitrogens with zero attached hydrogens (tertiary/aromatic N) is 3. The second-order valence-corrected chi connectivity index (χ2v) is 7.87. The summed E-state index contributed by atoms with van der Waals surface area (Å²) >= 11 is 1.51. The molecule has 128 valence electrons. The van der Waals surface area contributed by atoms with E-state index in [1.165, 1.54) is 29.1 Å². The molecular weight excluding hydrogens is 324 g/mol. The summed E-state index contributed by atoms with van der Waals surface area (Å²) in [5.41, 5.74) is 0. The Morgan fingerprint density at radius 2 is 2.08 bits per heavy atom. The van der Waals surface area contributed by atoms with Gasteiger partial charge in [0.05, 0.1) is 13.1 Å². The van der Waals surface area contributed by atoms with Gasteiger partial charge in [0, 0.05) is 0 Å². The molecule has 3 aromatic heterocycles. The van der Waals surface area contributed by atoms with Crippen LogP contribution in [0.2, 0.25) is 0 Å². The predicted octanol–water partition coefficient (Wildman–Crippen LogP) is 2.11. The molecule has 2 N–H and O–H groups in total. The van der Waals surface area contributed by atoms with E-state index < -0.39 is 0 Å².